The van der Waals surface area contributed by atoms with Crippen LogP contribution in [-0.4, -0.2) is 28.7 Å². The van der Waals surface area contributed by atoms with Gasteiger partial charge in [0, 0.05) is 17.5 Å². The van der Waals surface area contributed by atoms with Crippen molar-refractivity contribution in [2.24, 2.45) is 0 Å². The Morgan fingerprint density at radius 2 is 2.21 bits per heavy atom. The largest absolute Gasteiger partial charge is 0.480 e. The van der Waals surface area contributed by atoms with Gasteiger partial charge in [0.15, 0.2) is 0 Å². The number of esters is 1. The summed E-state index contributed by atoms with van der Waals surface area (Å²) >= 11 is 1.49. The standard InChI is InChI=1S/C13H13NO4S/c1-18-13(17)10-5-2-6-14(10)11(12(15)16)8-9-4-3-7-19-9/h2-7,11H,8H2,1H3,(H,15,16). The van der Waals surface area contributed by atoms with E-state index < -0.39 is 18.0 Å². The highest BCUT2D eigenvalue weighted by molar-refractivity contribution is 7.09. The molecule has 0 fully saturated rings. The van der Waals surface area contributed by atoms with E-state index in [1.54, 1.807) is 18.3 Å². The first-order valence-electron chi connectivity index (χ1n) is 5.64. The number of carboxylic acids is 1. The highest BCUT2D eigenvalue weighted by Gasteiger charge is 2.24. The summed E-state index contributed by atoms with van der Waals surface area (Å²) in [5, 5.41) is 11.2. The zero-order valence-electron chi connectivity index (χ0n) is 10.3. The van der Waals surface area contributed by atoms with Gasteiger partial charge in [0.1, 0.15) is 11.7 Å². The smallest absolute Gasteiger partial charge is 0.354 e. The van der Waals surface area contributed by atoms with Gasteiger partial charge >= 0.3 is 11.9 Å². The Bertz CT molecular complexity index is 573. The number of nitrogens with zero attached hydrogens (tertiary/aromatic N) is 1. The first kappa shape index (κ1) is 13.4. The summed E-state index contributed by atoms with van der Waals surface area (Å²) in [4.78, 5) is 24.0. The highest BCUT2D eigenvalue weighted by Crippen LogP contribution is 2.21. The third-order valence-corrected chi connectivity index (χ3v) is 3.67. The number of thiophene rings is 1. The van der Waals surface area contributed by atoms with Crippen molar-refractivity contribution in [3.05, 3.63) is 46.4 Å². The third-order valence-electron chi connectivity index (χ3n) is 2.77. The zero-order chi connectivity index (χ0) is 13.8. The van der Waals surface area contributed by atoms with Crippen LogP contribution in [0, 0.1) is 0 Å². The fourth-order valence-corrected chi connectivity index (χ4v) is 2.61. The molecule has 0 saturated heterocycles. The number of ether oxygens (including phenoxy) is 1. The molecule has 0 saturated carbocycles. The molecular formula is C13H13NO4S. The van der Waals surface area contributed by atoms with Crippen molar-refractivity contribution >= 4 is 23.3 Å². The molecule has 19 heavy (non-hydrogen) atoms. The van der Waals surface area contributed by atoms with E-state index in [0.717, 1.165) is 4.88 Å². The number of carbonyl (C=O) groups is 2. The molecule has 0 aliphatic carbocycles. The fourth-order valence-electron chi connectivity index (χ4n) is 1.87. The topological polar surface area (TPSA) is 68.5 Å². The van der Waals surface area contributed by atoms with Crippen molar-refractivity contribution in [2.75, 3.05) is 7.11 Å². The van der Waals surface area contributed by atoms with E-state index in [1.807, 2.05) is 17.5 Å². The average Bonchev–Trinajstić information content (AvgIpc) is 3.05. The van der Waals surface area contributed by atoms with Gasteiger partial charge in [-0.25, -0.2) is 9.59 Å². The molecule has 5 nitrogen and oxygen atoms in total. The summed E-state index contributed by atoms with van der Waals surface area (Å²) in [5.74, 6) is -1.52. The van der Waals surface area contributed by atoms with Crippen LogP contribution in [0.2, 0.25) is 0 Å². The predicted molar refractivity (Wildman–Crippen MR) is 70.5 cm³/mol. The summed E-state index contributed by atoms with van der Waals surface area (Å²) in [6, 6.07) is 6.12. The van der Waals surface area contributed by atoms with Gasteiger partial charge in [0.25, 0.3) is 0 Å². The van der Waals surface area contributed by atoms with Crippen molar-refractivity contribution in [1.82, 2.24) is 4.57 Å². The molecule has 0 amide bonds. The average molecular weight is 279 g/mol. The van der Waals surface area contributed by atoms with Crippen LogP contribution >= 0.6 is 11.3 Å². The molecule has 0 aromatic carbocycles. The van der Waals surface area contributed by atoms with Crippen molar-refractivity contribution in [2.45, 2.75) is 12.5 Å². The van der Waals surface area contributed by atoms with E-state index in [2.05, 4.69) is 4.74 Å². The minimum absolute atomic E-state index is 0.242. The lowest BCUT2D eigenvalue weighted by Gasteiger charge is -2.16. The van der Waals surface area contributed by atoms with E-state index in [1.165, 1.54) is 23.0 Å². The van der Waals surface area contributed by atoms with Crippen LogP contribution in [0.5, 0.6) is 0 Å². The molecule has 0 aliphatic rings. The summed E-state index contributed by atoms with van der Waals surface area (Å²) in [6.45, 7) is 0. The maximum Gasteiger partial charge on any atom is 0.354 e. The fraction of sp³-hybridized carbons (Fsp3) is 0.231. The second-order valence-corrected chi connectivity index (χ2v) is 4.96. The molecule has 2 heterocycles. The van der Waals surface area contributed by atoms with Crippen molar-refractivity contribution in [3.63, 3.8) is 0 Å². The molecule has 2 aromatic heterocycles. The Morgan fingerprint density at radius 3 is 2.79 bits per heavy atom. The number of carboxylic acid groups (broad SMARTS) is 1. The van der Waals surface area contributed by atoms with Gasteiger partial charge in [0.05, 0.1) is 7.11 Å². The van der Waals surface area contributed by atoms with Crippen molar-refractivity contribution in [3.8, 4) is 0 Å². The molecule has 1 unspecified atom stereocenters. The lowest BCUT2D eigenvalue weighted by Crippen LogP contribution is -2.24. The Labute approximate surface area is 114 Å². The molecular weight excluding hydrogens is 266 g/mol. The highest BCUT2D eigenvalue weighted by atomic mass is 32.1. The van der Waals surface area contributed by atoms with Gasteiger partial charge in [-0.3, -0.25) is 0 Å². The van der Waals surface area contributed by atoms with Crippen LogP contribution in [0.25, 0.3) is 0 Å². The molecule has 0 radical (unpaired) electrons. The van der Waals surface area contributed by atoms with Gasteiger partial charge < -0.3 is 14.4 Å². The Balaban J connectivity index is 2.32. The van der Waals surface area contributed by atoms with E-state index >= 15 is 0 Å². The zero-order valence-corrected chi connectivity index (χ0v) is 11.1. The SMILES string of the molecule is COC(=O)c1cccn1C(Cc1cccs1)C(=O)O. The van der Waals surface area contributed by atoms with Crippen molar-refractivity contribution in [1.29, 1.82) is 0 Å². The lowest BCUT2D eigenvalue weighted by atomic mass is 10.1. The van der Waals surface area contributed by atoms with Gasteiger partial charge in [-0.15, -0.1) is 11.3 Å². The van der Waals surface area contributed by atoms with Crippen LogP contribution < -0.4 is 0 Å². The van der Waals surface area contributed by atoms with Gasteiger partial charge in [-0.05, 0) is 23.6 Å². The second-order valence-electron chi connectivity index (χ2n) is 3.93. The lowest BCUT2D eigenvalue weighted by molar-refractivity contribution is -0.140. The van der Waals surface area contributed by atoms with Gasteiger partial charge in [-0.2, -0.15) is 0 Å². The number of hydrogen-bond donors (Lipinski definition) is 1. The van der Waals surface area contributed by atoms with E-state index in [-0.39, 0.29) is 5.69 Å². The number of aromatic nitrogens is 1. The maximum absolute atomic E-state index is 11.6. The summed E-state index contributed by atoms with van der Waals surface area (Å²) < 4.78 is 6.09. The Morgan fingerprint density at radius 1 is 1.42 bits per heavy atom. The molecule has 100 valence electrons. The number of aliphatic carboxylic acids is 1. The molecule has 2 rings (SSSR count). The quantitative estimate of drug-likeness (QED) is 0.852. The number of carbonyl (C=O) groups excluding carboxylic acids is 1. The van der Waals surface area contributed by atoms with E-state index in [4.69, 9.17) is 0 Å². The first-order valence-corrected chi connectivity index (χ1v) is 6.51. The molecule has 6 heteroatoms. The third kappa shape index (κ3) is 2.85. The van der Waals surface area contributed by atoms with Crippen LogP contribution in [0.3, 0.4) is 0 Å². The van der Waals surface area contributed by atoms with Crippen molar-refractivity contribution < 1.29 is 19.4 Å². The minimum atomic E-state index is -0.977. The summed E-state index contributed by atoms with van der Waals surface area (Å²) in [7, 11) is 1.27. The monoisotopic (exact) mass is 279 g/mol. The normalized spacial score (nSPS) is 12.1. The van der Waals surface area contributed by atoms with Crippen LogP contribution in [0.1, 0.15) is 21.4 Å². The first-order chi connectivity index (χ1) is 9.13. The summed E-state index contributed by atoms with van der Waals surface area (Å²) in [5.41, 5.74) is 0.242. The minimum Gasteiger partial charge on any atom is -0.480 e. The number of hydrogen-bond acceptors (Lipinski definition) is 4. The van der Waals surface area contributed by atoms with Gasteiger partial charge in [-0.1, -0.05) is 6.07 Å². The molecule has 0 spiro atoms. The maximum atomic E-state index is 11.6. The number of methoxy groups -OCH3 is 1. The van der Waals surface area contributed by atoms with E-state index in [0.29, 0.717) is 6.42 Å². The van der Waals surface area contributed by atoms with E-state index in [9.17, 15) is 14.7 Å². The summed E-state index contributed by atoms with van der Waals surface area (Å²) in [6.07, 6.45) is 1.92. The van der Waals surface area contributed by atoms with Crippen LogP contribution in [0.15, 0.2) is 35.8 Å². The number of rotatable bonds is 5. The van der Waals surface area contributed by atoms with Crippen LogP contribution in [-0.2, 0) is 16.0 Å². The second kappa shape index (κ2) is 5.71. The predicted octanol–water partition coefficient (Wildman–Crippen LogP) is 2.20. The Kier molecular flexibility index (Phi) is 4.01. The van der Waals surface area contributed by atoms with Gasteiger partial charge in [0.2, 0.25) is 0 Å². The molecule has 0 bridgehead atoms. The molecule has 0 aliphatic heterocycles. The molecule has 1 N–H and O–H groups in total. The Hall–Kier alpha value is -2.08. The molecule has 1 atom stereocenters. The van der Waals surface area contributed by atoms with Crippen LogP contribution in [0.4, 0.5) is 0 Å². The molecule has 2 aromatic rings.